The Hall–Kier alpha value is -2.69. The van der Waals surface area contributed by atoms with Gasteiger partial charge < -0.3 is 4.84 Å². The van der Waals surface area contributed by atoms with E-state index in [1.165, 1.54) is 18.3 Å². The molecule has 20 heavy (non-hydrogen) atoms. The second kappa shape index (κ2) is 6.47. The number of oxime groups is 1. The lowest BCUT2D eigenvalue weighted by Gasteiger charge is -2.03. The van der Waals surface area contributed by atoms with Crippen LogP contribution in [0.15, 0.2) is 53.7 Å². The third-order valence-corrected chi connectivity index (χ3v) is 2.84. The summed E-state index contributed by atoms with van der Waals surface area (Å²) in [5.41, 5.74) is 2.86. The number of hydrogen-bond donors (Lipinski definition) is 0. The lowest BCUT2D eigenvalue weighted by Crippen LogP contribution is -1.92. The zero-order valence-electron chi connectivity index (χ0n) is 11.0. The third-order valence-electron chi connectivity index (χ3n) is 2.84. The van der Waals surface area contributed by atoms with Crippen molar-refractivity contribution in [2.45, 2.75) is 13.5 Å². The molecule has 0 amide bonds. The molecule has 0 aliphatic carbocycles. The molecule has 2 aromatic carbocycles. The minimum Gasteiger partial charge on any atom is -0.391 e. The molecule has 0 atom stereocenters. The van der Waals surface area contributed by atoms with Crippen LogP contribution in [-0.4, -0.2) is 11.1 Å². The van der Waals surface area contributed by atoms with Crippen molar-refractivity contribution in [3.8, 4) is 0 Å². The highest BCUT2D eigenvalue weighted by Gasteiger charge is 2.04. The summed E-state index contributed by atoms with van der Waals surface area (Å²) in [6.07, 6.45) is 1.46. The standard InChI is InChI=1S/C15H14N2O3/c1-12-5-2-3-7-14(12)11-20-16-10-13-6-4-8-15(9-13)17(18)19/h2-10H,11H2,1H3. The van der Waals surface area contributed by atoms with Crippen LogP contribution in [0.25, 0.3) is 0 Å². The second-order valence-corrected chi connectivity index (χ2v) is 4.29. The summed E-state index contributed by atoms with van der Waals surface area (Å²) in [4.78, 5) is 15.4. The van der Waals surface area contributed by atoms with Gasteiger partial charge in [-0.25, -0.2) is 0 Å². The van der Waals surface area contributed by atoms with Gasteiger partial charge in [-0.2, -0.15) is 0 Å². The van der Waals surface area contributed by atoms with Gasteiger partial charge in [0.25, 0.3) is 5.69 Å². The molecule has 0 aromatic heterocycles. The summed E-state index contributed by atoms with van der Waals surface area (Å²) in [6, 6.07) is 14.1. The third kappa shape index (κ3) is 3.65. The van der Waals surface area contributed by atoms with Crippen LogP contribution in [0.2, 0.25) is 0 Å². The van der Waals surface area contributed by atoms with Crippen molar-refractivity contribution in [1.29, 1.82) is 0 Å². The molecular formula is C15H14N2O3. The summed E-state index contributed by atoms with van der Waals surface area (Å²) in [6.45, 7) is 2.38. The molecule has 0 aliphatic rings. The van der Waals surface area contributed by atoms with Crippen LogP contribution in [0, 0.1) is 17.0 Å². The van der Waals surface area contributed by atoms with E-state index >= 15 is 0 Å². The SMILES string of the molecule is Cc1ccccc1CON=Cc1cccc([N+](=O)[O-])c1. The van der Waals surface area contributed by atoms with Crippen LogP contribution in [0.3, 0.4) is 0 Å². The van der Waals surface area contributed by atoms with E-state index in [1.807, 2.05) is 31.2 Å². The van der Waals surface area contributed by atoms with E-state index < -0.39 is 4.92 Å². The molecule has 2 aromatic rings. The summed E-state index contributed by atoms with van der Waals surface area (Å²) in [5, 5.41) is 14.5. The van der Waals surface area contributed by atoms with Crippen LogP contribution in [0.1, 0.15) is 16.7 Å². The van der Waals surface area contributed by atoms with Gasteiger partial charge >= 0.3 is 0 Å². The highest BCUT2D eigenvalue weighted by molar-refractivity contribution is 5.80. The van der Waals surface area contributed by atoms with Gasteiger partial charge in [0, 0.05) is 17.7 Å². The first-order valence-electron chi connectivity index (χ1n) is 6.11. The van der Waals surface area contributed by atoms with Gasteiger partial charge in [0.2, 0.25) is 0 Å². The Labute approximate surface area is 116 Å². The van der Waals surface area contributed by atoms with Gasteiger partial charge in [0.05, 0.1) is 11.1 Å². The largest absolute Gasteiger partial charge is 0.391 e. The summed E-state index contributed by atoms with van der Waals surface area (Å²) in [7, 11) is 0. The fourth-order valence-electron chi connectivity index (χ4n) is 1.70. The minimum atomic E-state index is -0.439. The lowest BCUT2D eigenvalue weighted by atomic mass is 10.1. The Morgan fingerprint density at radius 2 is 2.05 bits per heavy atom. The molecule has 5 heteroatoms. The van der Waals surface area contributed by atoms with Gasteiger partial charge in [0.15, 0.2) is 0 Å². The van der Waals surface area contributed by atoms with Gasteiger partial charge in [0.1, 0.15) is 6.61 Å². The first-order chi connectivity index (χ1) is 9.66. The van der Waals surface area contributed by atoms with E-state index in [0.29, 0.717) is 12.2 Å². The van der Waals surface area contributed by atoms with Gasteiger partial charge in [-0.1, -0.05) is 41.6 Å². The molecule has 0 saturated carbocycles. The van der Waals surface area contributed by atoms with Crippen molar-refractivity contribution in [3.63, 3.8) is 0 Å². The molecule has 5 nitrogen and oxygen atoms in total. The maximum absolute atomic E-state index is 10.6. The van der Waals surface area contributed by atoms with Crippen molar-refractivity contribution >= 4 is 11.9 Å². The maximum atomic E-state index is 10.6. The van der Waals surface area contributed by atoms with Gasteiger partial charge in [-0.15, -0.1) is 0 Å². The van der Waals surface area contributed by atoms with Crippen LogP contribution >= 0.6 is 0 Å². The molecule has 0 N–H and O–H groups in total. The maximum Gasteiger partial charge on any atom is 0.270 e. The molecule has 0 heterocycles. The molecular weight excluding hydrogens is 256 g/mol. The fraction of sp³-hybridized carbons (Fsp3) is 0.133. The van der Waals surface area contributed by atoms with Crippen molar-refractivity contribution in [2.24, 2.45) is 5.16 Å². The average Bonchev–Trinajstić information content (AvgIpc) is 2.45. The van der Waals surface area contributed by atoms with E-state index in [9.17, 15) is 10.1 Å². The highest BCUT2D eigenvalue weighted by Crippen LogP contribution is 2.12. The van der Waals surface area contributed by atoms with Crippen molar-refractivity contribution < 1.29 is 9.76 Å². The Bertz CT molecular complexity index is 639. The highest BCUT2D eigenvalue weighted by atomic mass is 16.6. The molecule has 0 unspecified atom stereocenters. The average molecular weight is 270 g/mol. The molecule has 0 saturated heterocycles. The number of nitro benzene ring substituents is 1. The first kappa shape index (κ1) is 13.7. The van der Waals surface area contributed by atoms with Crippen molar-refractivity contribution in [2.75, 3.05) is 0 Å². The molecule has 102 valence electrons. The number of nitro groups is 1. The predicted octanol–water partition coefficient (Wildman–Crippen LogP) is 3.45. The number of non-ortho nitro benzene ring substituents is 1. The van der Waals surface area contributed by atoms with E-state index in [4.69, 9.17) is 4.84 Å². The van der Waals surface area contributed by atoms with Crippen molar-refractivity contribution in [1.82, 2.24) is 0 Å². The molecule has 0 aliphatic heterocycles. The van der Waals surface area contributed by atoms with Crippen molar-refractivity contribution in [3.05, 3.63) is 75.3 Å². The van der Waals surface area contributed by atoms with Crippen LogP contribution < -0.4 is 0 Å². The summed E-state index contributed by atoms with van der Waals surface area (Å²) >= 11 is 0. The lowest BCUT2D eigenvalue weighted by molar-refractivity contribution is -0.384. The zero-order valence-corrected chi connectivity index (χ0v) is 11.0. The first-order valence-corrected chi connectivity index (χ1v) is 6.11. The van der Waals surface area contributed by atoms with Crippen LogP contribution in [-0.2, 0) is 11.4 Å². The number of hydrogen-bond acceptors (Lipinski definition) is 4. The normalized spacial score (nSPS) is 10.7. The molecule has 0 bridgehead atoms. The smallest absolute Gasteiger partial charge is 0.270 e. The van der Waals surface area contributed by atoms with Crippen LogP contribution in [0.4, 0.5) is 5.69 Å². The van der Waals surface area contributed by atoms with Crippen LogP contribution in [0.5, 0.6) is 0 Å². The van der Waals surface area contributed by atoms with E-state index in [-0.39, 0.29) is 5.69 Å². The Morgan fingerprint density at radius 1 is 1.25 bits per heavy atom. The molecule has 0 spiro atoms. The second-order valence-electron chi connectivity index (χ2n) is 4.29. The quantitative estimate of drug-likeness (QED) is 0.475. The number of aryl methyl sites for hydroxylation is 1. The summed E-state index contributed by atoms with van der Waals surface area (Å²) in [5.74, 6) is 0. The molecule has 2 rings (SSSR count). The minimum absolute atomic E-state index is 0.0350. The number of rotatable bonds is 5. The zero-order chi connectivity index (χ0) is 14.4. The van der Waals surface area contributed by atoms with E-state index in [0.717, 1.165) is 11.1 Å². The predicted molar refractivity (Wildman–Crippen MR) is 76.7 cm³/mol. The topological polar surface area (TPSA) is 64.7 Å². The Kier molecular flexibility index (Phi) is 4.44. The van der Waals surface area contributed by atoms with E-state index in [2.05, 4.69) is 5.16 Å². The van der Waals surface area contributed by atoms with E-state index in [1.54, 1.807) is 12.1 Å². The van der Waals surface area contributed by atoms with Gasteiger partial charge in [-0.05, 0) is 18.1 Å². The molecule has 0 radical (unpaired) electrons. The monoisotopic (exact) mass is 270 g/mol. The Morgan fingerprint density at radius 3 is 2.80 bits per heavy atom. The number of nitrogens with zero attached hydrogens (tertiary/aromatic N) is 2. The summed E-state index contributed by atoms with van der Waals surface area (Å²) < 4.78 is 0. The Balaban J connectivity index is 1.95. The number of benzene rings is 2. The fourth-order valence-corrected chi connectivity index (χ4v) is 1.70. The van der Waals surface area contributed by atoms with Gasteiger partial charge in [-0.3, -0.25) is 10.1 Å². The molecule has 0 fully saturated rings.